The molecule has 3 aromatic rings. The highest BCUT2D eigenvalue weighted by molar-refractivity contribution is 6.04. The van der Waals surface area contributed by atoms with Crippen LogP contribution in [-0.2, 0) is 6.54 Å². The standard InChI is InChI=1S/C28H29N3O2/c1-32-26-13-7-5-11-22(26)24-19-25-23-12-6-8-14-27(23)33-28(31(25)29-24)15-17-30(18-16-28)20-21-9-3-2-4-10-21/h2-14,25H,15-20H2,1H3/t25-/m1/s1. The van der Waals surface area contributed by atoms with Crippen molar-refractivity contribution in [3.8, 4) is 11.5 Å². The van der Waals surface area contributed by atoms with E-state index in [9.17, 15) is 0 Å². The molecule has 0 aliphatic carbocycles. The van der Waals surface area contributed by atoms with Crippen LogP contribution in [0.5, 0.6) is 11.5 Å². The molecule has 1 atom stereocenters. The highest BCUT2D eigenvalue weighted by Crippen LogP contribution is 2.50. The van der Waals surface area contributed by atoms with Gasteiger partial charge >= 0.3 is 0 Å². The van der Waals surface area contributed by atoms with E-state index < -0.39 is 5.72 Å². The number of hydrazone groups is 1. The van der Waals surface area contributed by atoms with Crippen LogP contribution in [0.15, 0.2) is 84.0 Å². The molecule has 0 N–H and O–H groups in total. The Morgan fingerprint density at radius 2 is 1.67 bits per heavy atom. The third-order valence-electron chi connectivity index (χ3n) is 7.21. The van der Waals surface area contributed by atoms with E-state index in [2.05, 4.69) is 76.6 Å². The molecule has 5 nitrogen and oxygen atoms in total. The Kier molecular flexibility index (Phi) is 5.07. The average molecular weight is 440 g/mol. The van der Waals surface area contributed by atoms with Crippen LogP contribution in [-0.4, -0.2) is 41.5 Å². The summed E-state index contributed by atoms with van der Waals surface area (Å²) in [5.74, 6) is 1.88. The largest absolute Gasteiger partial charge is 0.496 e. The van der Waals surface area contributed by atoms with Crippen LogP contribution in [0.2, 0.25) is 0 Å². The number of fused-ring (bicyclic) bond motifs is 4. The number of hydrogen-bond acceptors (Lipinski definition) is 5. The Bertz CT molecular complexity index is 1170. The zero-order chi connectivity index (χ0) is 22.3. The maximum absolute atomic E-state index is 6.77. The monoisotopic (exact) mass is 439 g/mol. The summed E-state index contributed by atoms with van der Waals surface area (Å²) >= 11 is 0. The summed E-state index contributed by atoms with van der Waals surface area (Å²) in [5, 5.41) is 7.47. The quantitative estimate of drug-likeness (QED) is 0.558. The van der Waals surface area contributed by atoms with Crippen molar-refractivity contribution in [1.29, 1.82) is 0 Å². The summed E-state index contributed by atoms with van der Waals surface area (Å²) in [6.07, 6.45) is 2.71. The van der Waals surface area contributed by atoms with E-state index in [4.69, 9.17) is 14.6 Å². The molecule has 0 unspecified atom stereocenters. The molecule has 5 heteroatoms. The molecule has 1 fully saturated rings. The van der Waals surface area contributed by atoms with E-state index in [0.717, 1.165) is 61.7 Å². The van der Waals surface area contributed by atoms with Gasteiger partial charge in [-0.1, -0.05) is 60.7 Å². The number of nitrogens with zero attached hydrogens (tertiary/aromatic N) is 3. The number of methoxy groups -OCH3 is 1. The predicted octanol–water partition coefficient (Wildman–Crippen LogP) is 5.23. The first-order valence-corrected chi connectivity index (χ1v) is 11.8. The maximum atomic E-state index is 6.77. The number of rotatable bonds is 4. The van der Waals surface area contributed by atoms with Gasteiger partial charge in [0.15, 0.2) is 0 Å². The number of likely N-dealkylation sites (tertiary alicyclic amines) is 1. The molecule has 168 valence electrons. The lowest BCUT2D eigenvalue weighted by Gasteiger charge is -2.51. The van der Waals surface area contributed by atoms with Crippen molar-refractivity contribution in [2.24, 2.45) is 5.10 Å². The van der Waals surface area contributed by atoms with Gasteiger partial charge in [-0.05, 0) is 23.8 Å². The van der Waals surface area contributed by atoms with Gasteiger partial charge in [-0.25, -0.2) is 5.01 Å². The number of ether oxygens (including phenoxy) is 2. The molecule has 0 radical (unpaired) electrons. The van der Waals surface area contributed by atoms with Crippen LogP contribution in [0.25, 0.3) is 0 Å². The molecule has 6 rings (SSSR count). The van der Waals surface area contributed by atoms with Gasteiger partial charge in [0.2, 0.25) is 5.72 Å². The molecule has 1 spiro atoms. The van der Waals surface area contributed by atoms with E-state index in [0.29, 0.717) is 0 Å². The molecule has 0 saturated carbocycles. The van der Waals surface area contributed by atoms with Gasteiger partial charge in [-0.3, -0.25) is 4.90 Å². The fourth-order valence-corrected chi connectivity index (χ4v) is 5.51. The van der Waals surface area contributed by atoms with Crippen LogP contribution in [0, 0.1) is 0 Å². The third kappa shape index (κ3) is 3.57. The van der Waals surface area contributed by atoms with Crippen LogP contribution in [0.4, 0.5) is 0 Å². The second-order valence-electron chi connectivity index (χ2n) is 9.16. The molecular formula is C28H29N3O2. The van der Waals surface area contributed by atoms with Gasteiger partial charge < -0.3 is 9.47 Å². The third-order valence-corrected chi connectivity index (χ3v) is 7.21. The van der Waals surface area contributed by atoms with Gasteiger partial charge in [0.1, 0.15) is 11.5 Å². The first kappa shape index (κ1) is 20.3. The lowest BCUT2D eigenvalue weighted by atomic mass is 9.90. The van der Waals surface area contributed by atoms with E-state index in [1.165, 1.54) is 11.1 Å². The summed E-state index contributed by atoms with van der Waals surface area (Å²) in [5.41, 5.74) is 4.32. The van der Waals surface area contributed by atoms with Crippen molar-refractivity contribution in [2.45, 2.75) is 37.6 Å². The average Bonchev–Trinajstić information content (AvgIpc) is 3.33. The lowest BCUT2D eigenvalue weighted by Crippen LogP contribution is -2.59. The van der Waals surface area contributed by atoms with Gasteiger partial charge in [0.05, 0.1) is 18.9 Å². The van der Waals surface area contributed by atoms with Crippen molar-refractivity contribution in [3.05, 3.63) is 95.6 Å². The molecule has 3 aliphatic heterocycles. The second kappa shape index (κ2) is 8.23. The molecule has 3 heterocycles. The Hall–Kier alpha value is -3.31. The van der Waals surface area contributed by atoms with E-state index in [-0.39, 0.29) is 6.04 Å². The minimum absolute atomic E-state index is 0.190. The molecule has 0 aromatic heterocycles. The van der Waals surface area contributed by atoms with Crippen molar-refractivity contribution >= 4 is 5.71 Å². The number of para-hydroxylation sites is 2. The molecule has 0 bridgehead atoms. The summed E-state index contributed by atoms with van der Waals surface area (Å²) in [4.78, 5) is 2.53. The predicted molar refractivity (Wildman–Crippen MR) is 129 cm³/mol. The minimum atomic E-state index is -0.407. The Morgan fingerprint density at radius 3 is 2.48 bits per heavy atom. The first-order valence-electron chi connectivity index (χ1n) is 11.8. The summed E-state index contributed by atoms with van der Waals surface area (Å²) in [7, 11) is 1.73. The molecule has 0 amide bonds. The maximum Gasteiger partial charge on any atom is 0.200 e. The fraction of sp³-hybridized carbons (Fsp3) is 0.321. The smallest absolute Gasteiger partial charge is 0.200 e. The molecular weight excluding hydrogens is 410 g/mol. The van der Waals surface area contributed by atoms with Crippen LogP contribution in [0.3, 0.4) is 0 Å². The van der Waals surface area contributed by atoms with Crippen LogP contribution < -0.4 is 9.47 Å². The zero-order valence-corrected chi connectivity index (χ0v) is 19.0. The normalized spacial score (nSPS) is 21.2. The van der Waals surface area contributed by atoms with Gasteiger partial charge in [0.25, 0.3) is 0 Å². The van der Waals surface area contributed by atoms with Gasteiger partial charge in [0, 0.05) is 50.0 Å². The second-order valence-corrected chi connectivity index (χ2v) is 9.16. The number of benzene rings is 3. The molecule has 3 aromatic carbocycles. The number of hydrogen-bond donors (Lipinski definition) is 0. The Labute approximate surface area is 195 Å². The minimum Gasteiger partial charge on any atom is -0.496 e. The number of piperidine rings is 1. The summed E-state index contributed by atoms with van der Waals surface area (Å²) in [6.45, 7) is 2.95. The highest BCUT2D eigenvalue weighted by atomic mass is 16.5. The van der Waals surface area contributed by atoms with E-state index in [1.54, 1.807) is 7.11 Å². The van der Waals surface area contributed by atoms with Crippen LogP contribution in [0.1, 0.15) is 42.0 Å². The van der Waals surface area contributed by atoms with Crippen molar-refractivity contribution in [3.63, 3.8) is 0 Å². The molecule has 1 saturated heterocycles. The van der Waals surface area contributed by atoms with Crippen molar-refractivity contribution in [2.75, 3.05) is 20.2 Å². The fourth-order valence-electron chi connectivity index (χ4n) is 5.51. The van der Waals surface area contributed by atoms with Gasteiger partial charge in [-0.15, -0.1) is 0 Å². The SMILES string of the molecule is COc1ccccc1C1=NN2[C@H](C1)c1ccccc1OC21CCN(Cc2ccccc2)CC1. The van der Waals surface area contributed by atoms with Crippen LogP contribution >= 0.6 is 0 Å². The van der Waals surface area contributed by atoms with E-state index >= 15 is 0 Å². The topological polar surface area (TPSA) is 37.3 Å². The first-order chi connectivity index (χ1) is 16.3. The molecule has 3 aliphatic rings. The highest BCUT2D eigenvalue weighted by Gasteiger charge is 2.51. The summed E-state index contributed by atoms with van der Waals surface area (Å²) in [6, 6.07) is 27.6. The van der Waals surface area contributed by atoms with Crippen molar-refractivity contribution < 1.29 is 9.47 Å². The van der Waals surface area contributed by atoms with Gasteiger partial charge in [-0.2, -0.15) is 5.10 Å². The lowest BCUT2D eigenvalue weighted by molar-refractivity contribution is -0.150. The van der Waals surface area contributed by atoms with E-state index in [1.807, 2.05) is 12.1 Å². The van der Waals surface area contributed by atoms with Crippen molar-refractivity contribution in [1.82, 2.24) is 9.91 Å². The Morgan fingerprint density at radius 1 is 0.939 bits per heavy atom. The summed E-state index contributed by atoms with van der Waals surface area (Å²) < 4.78 is 12.4. The Balaban J connectivity index is 1.31. The zero-order valence-electron chi connectivity index (χ0n) is 19.0. The molecule has 33 heavy (non-hydrogen) atoms.